The standard InChI is InChI=1S/C22H18N4O6/c1-32-19-11-7-15(8-12-19)21(28)24-25-22(29)16-3-2-4-17(13-16)23-20(27)14-5-9-18(10-6-14)26(30)31/h2-13H,1H3,(H,23,27)(H,24,28)(H,25,29). The molecule has 32 heavy (non-hydrogen) atoms. The average Bonchev–Trinajstić information content (AvgIpc) is 2.82. The van der Waals surface area contributed by atoms with Gasteiger partial charge in [-0.05, 0) is 54.6 Å². The molecule has 0 saturated heterocycles. The van der Waals surface area contributed by atoms with Crippen LogP contribution >= 0.6 is 0 Å². The van der Waals surface area contributed by atoms with E-state index in [1.807, 2.05) is 0 Å². The highest BCUT2D eigenvalue weighted by atomic mass is 16.6. The summed E-state index contributed by atoms with van der Waals surface area (Å²) >= 11 is 0. The number of non-ortho nitro benzene ring substituents is 1. The highest BCUT2D eigenvalue weighted by Crippen LogP contribution is 2.15. The maximum absolute atomic E-state index is 12.4. The van der Waals surface area contributed by atoms with Gasteiger partial charge >= 0.3 is 0 Å². The number of ether oxygens (including phenoxy) is 1. The van der Waals surface area contributed by atoms with E-state index in [4.69, 9.17) is 4.74 Å². The Balaban J connectivity index is 1.60. The van der Waals surface area contributed by atoms with Crippen molar-refractivity contribution in [3.63, 3.8) is 0 Å². The number of methoxy groups -OCH3 is 1. The second-order valence-electron chi connectivity index (χ2n) is 6.48. The summed E-state index contributed by atoms with van der Waals surface area (Å²) < 4.78 is 5.03. The van der Waals surface area contributed by atoms with Crippen LogP contribution in [0, 0.1) is 10.1 Å². The molecule has 10 heteroatoms. The minimum absolute atomic E-state index is 0.128. The van der Waals surface area contributed by atoms with Crippen molar-refractivity contribution >= 4 is 29.1 Å². The SMILES string of the molecule is COc1ccc(C(=O)NNC(=O)c2cccc(NC(=O)c3ccc([N+](=O)[O-])cc3)c2)cc1. The van der Waals surface area contributed by atoms with Crippen molar-refractivity contribution in [1.82, 2.24) is 10.9 Å². The molecule has 0 aliphatic heterocycles. The number of nitrogens with zero attached hydrogens (tertiary/aromatic N) is 1. The summed E-state index contributed by atoms with van der Waals surface area (Å²) in [5.41, 5.74) is 5.57. The van der Waals surface area contributed by atoms with Crippen LogP contribution < -0.4 is 20.9 Å². The van der Waals surface area contributed by atoms with E-state index in [1.54, 1.807) is 36.4 Å². The van der Waals surface area contributed by atoms with E-state index in [0.29, 0.717) is 17.0 Å². The number of hydrogen-bond acceptors (Lipinski definition) is 6. The molecule has 3 aromatic rings. The Morgan fingerprint density at radius 3 is 1.94 bits per heavy atom. The Bertz CT molecular complexity index is 1160. The minimum atomic E-state index is -0.585. The van der Waals surface area contributed by atoms with Crippen molar-refractivity contribution in [1.29, 1.82) is 0 Å². The molecule has 0 aliphatic rings. The molecule has 0 radical (unpaired) electrons. The van der Waals surface area contributed by atoms with Crippen LogP contribution in [-0.2, 0) is 0 Å². The van der Waals surface area contributed by atoms with E-state index in [1.165, 1.54) is 43.5 Å². The third-order valence-corrected chi connectivity index (χ3v) is 4.36. The molecule has 3 amide bonds. The predicted octanol–water partition coefficient (Wildman–Crippen LogP) is 2.93. The van der Waals surface area contributed by atoms with Crippen molar-refractivity contribution in [2.45, 2.75) is 0 Å². The van der Waals surface area contributed by atoms with Crippen LogP contribution in [0.2, 0.25) is 0 Å². The van der Waals surface area contributed by atoms with Gasteiger partial charge in [0.05, 0.1) is 12.0 Å². The lowest BCUT2D eigenvalue weighted by molar-refractivity contribution is -0.384. The number of nitrogens with one attached hydrogen (secondary N) is 3. The molecule has 0 spiro atoms. The van der Waals surface area contributed by atoms with Gasteiger partial charge in [0.15, 0.2) is 0 Å². The third kappa shape index (κ3) is 5.45. The van der Waals surface area contributed by atoms with E-state index in [-0.39, 0.29) is 16.8 Å². The number of anilines is 1. The zero-order chi connectivity index (χ0) is 23.1. The summed E-state index contributed by atoms with van der Waals surface area (Å²) in [6.45, 7) is 0. The van der Waals surface area contributed by atoms with Gasteiger partial charge in [-0.2, -0.15) is 0 Å². The number of carbonyl (C=O) groups is 3. The van der Waals surface area contributed by atoms with Gasteiger partial charge in [0.2, 0.25) is 0 Å². The Labute approximate surface area is 182 Å². The molecule has 3 rings (SSSR count). The van der Waals surface area contributed by atoms with E-state index >= 15 is 0 Å². The molecule has 0 atom stereocenters. The zero-order valence-electron chi connectivity index (χ0n) is 16.8. The van der Waals surface area contributed by atoms with Crippen molar-refractivity contribution in [3.05, 3.63) is 99.6 Å². The summed E-state index contributed by atoms with van der Waals surface area (Å²) in [5.74, 6) is -0.995. The first-order chi connectivity index (χ1) is 15.4. The van der Waals surface area contributed by atoms with Crippen molar-refractivity contribution in [2.24, 2.45) is 0 Å². The van der Waals surface area contributed by atoms with Crippen LogP contribution in [-0.4, -0.2) is 29.8 Å². The van der Waals surface area contributed by atoms with Crippen molar-refractivity contribution in [2.75, 3.05) is 12.4 Å². The maximum Gasteiger partial charge on any atom is 0.269 e. The predicted molar refractivity (Wildman–Crippen MR) is 115 cm³/mol. The first kappa shape index (κ1) is 22.0. The van der Waals surface area contributed by atoms with Crippen LogP contribution in [0.25, 0.3) is 0 Å². The second kappa shape index (κ2) is 9.85. The number of benzene rings is 3. The van der Waals surface area contributed by atoms with Gasteiger partial charge < -0.3 is 10.1 Å². The molecule has 3 aromatic carbocycles. The highest BCUT2D eigenvalue weighted by Gasteiger charge is 2.12. The van der Waals surface area contributed by atoms with Gasteiger partial charge in [-0.15, -0.1) is 0 Å². The normalized spacial score (nSPS) is 10.0. The lowest BCUT2D eigenvalue weighted by Crippen LogP contribution is -2.41. The molecule has 0 aromatic heterocycles. The molecule has 162 valence electrons. The fourth-order valence-corrected chi connectivity index (χ4v) is 2.68. The summed E-state index contributed by atoms with van der Waals surface area (Å²) in [6.07, 6.45) is 0. The van der Waals surface area contributed by atoms with Crippen LogP contribution in [0.3, 0.4) is 0 Å². The Kier molecular flexibility index (Phi) is 6.76. The molecule has 3 N–H and O–H groups in total. The lowest BCUT2D eigenvalue weighted by atomic mass is 10.1. The number of carbonyl (C=O) groups excluding carboxylic acids is 3. The van der Waals surface area contributed by atoms with Gasteiger partial charge in [-0.1, -0.05) is 6.07 Å². The van der Waals surface area contributed by atoms with Crippen LogP contribution in [0.5, 0.6) is 5.75 Å². The lowest BCUT2D eigenvalue weighted by Gasteiger charge is -2.10. The van der Waals surface area contributed by atoms with Crippen LogP contribution in [0.1, 0.15) is 31.1 Å². The van der Waals surface area contributed by atoms with E-state index in [2.05, 4.69) is 16.2 Å². The number of rotatable bonds is 6. The third-order valence-electron chi connectivity index (χ3n) is 4.36. The molecule has 0 saturated carbocycles. The molecular weight excluding hydrogens is 416 g/mol. The molecule has 0 aliphatic carbocycles. The summed E-state index contributed by atoms with van der Waals surface area (Å²) in [4.78, 5) is 47.0. The largest absolute Gasteiger partial charge is 0.497 e. The average molecular weight is 434 g/mol. The topological polar surface area (TPSA) is 140 Å². The number of hydrazine groups is 1. The number of hydrogen-bond donors (Lipinski definition) is 3. The van der Waals surface area contributed by atoms with Crippen LogP contribution in [0.15, 0.2) is 72.8 Å². The molecule has 0 bridgehead atoms. The molecule has 0 fully saturated rings. The first-order valence-corrected chi connectivity index (χ1v) is 9.28. The van der Waals surface area contributed by atoms with Crippen LogP contribution in [0.4, 0.5) is 11.4 Å². The molecule has 0 heterocycles. The number of nitro benzene ring substituents is 1. The zero-order valence-corrected chi connectivity index (χ0v) is 16.8. The van der Waals surface area contributed by atoms with Crippen molar-refractivity contribution in [3.8, 4) is 5.75 Å². The summed E-state index contributed by atoms with van der Waals surface area (Å²) in [7, 11) is 1.51. The molecule has 0 unspecified atom stereocenters. The first-order valence-electron chi connectivity index (χ1n) is 9.28. The maximum atomic E-state index is 12.4. The molecule has 10 nitrogen and oxygen atoms in total. The van der Waals surface area contributed by atoms with E-state index < -0.39 is 22.6 Å². The van der Waals surface area contributed by atoms with Gasteiger partial charge in [0.1, 0.15) is 5.75 Å². The molecular formula is C22H18N4O6. The van der Waals surface area contributed by atoms with Gasteiger partial charge in [-0.3, -0.25) is 35.3 Å². The second-order valence-corrected chi connectivity index (χ2v) is 6.48. The quantitative estimate of drug-likeness (QED) is 0.403. The van der Waals surface area contributed by atoms with Gasteiger partial charge in [-0.25, -0.2) is 0 Å². The van der Waals surface area contributed by atoms with E-state index in [9.17, 15) is 24.5 Å². The van der Waals surface area contributed by atoms with Gasteiger partial charge in [0.25, 0.3) is 23.4 Å². The summed E-state index contributed by atoms with van der Waals surface area (Å²) in [5, 5.41) is 13.3. The fraction of sp³-hybridized carbons (Fsp3) is 0.0455. The Morgan fingerprint density at radius 2 is 1.34 bits per heavy atom. The fourth-order valence-electron chi connectivity index (χ4n) is 2.68. The smallest absolute Gasteiger partial charge is 0.269 e. The monoisotopic (exact) mass is 434 g/mol. The Hall–Kier alpha value is -4.73. The number of amides is 3. The number of nitro groups is 1. The summed E-state index contributed by atoms with van der Waals surface area (Å²) in [6, 6.07) is 17.5. The highest BCUT2D eigenvalue weighted by molar-refractivity contribution is 6.05. The minimum Gasteiger partial charge on any atom is -0.497 e. The van der Waals surface area contributed by atoms with E-state index in [0.717, 1.165) is 0 Å². The van der Waals surface area contributed by atoms with Gasteiger partial charge in [0, 0.05) is 34.5 Å². The van der Waals surface area contributed by atoms with Crippen molar-refractivity contribution < 1.29 is 24.0 Å². The Morgan fingerprint density at radius 1 is 0.781 bits per heavy atom.